The monoisotopic (exact) mass is 555 g/mol. The fraction of sp³-hybridized carbons (Fsp3) is 0.379. The van der Waals surface area contributed by atoms with Crippen LogP contribution < -0.4 is 5.32 Å². The number of amides is 1. The Morgan fingerprint density at radius 1 is 1.15 bits per heavy atom. The van der Waals surface area contributed by atoms with Crippen LogP contribution >= 0.6 is 0 Å². The summed E-state index contributed by atoms with van der Waals surface area (Å²) in [6.07, 6.45) is 9.45. The van der Waals surface area contributed by atoms with Crippen LogP contribution in [0.5, 0.6) is 0 Å². The molecule has 0 aliphatic heterocycles. The predicted molar refractivity (Wildman–Crippen MR) is 149 cm³/mol. The maximum absolute atomic E-state index is 14.9. The van der Waals surface area contributed by atoms with Gasteiger partial charge in [-0.2, -0.15) is 15.0 Å². The number of anilines is 1. The Labute approximate surface area is 235 Å². The third-order valence-corrected chi connectivity index (χ3v) is 7.49. The quantitative estimate of drug-likeness (QED) is 0.288. The van der Waals surface area contributed by atoms with Gasteiger partial charge in [-0.25, -0.2) is 8.91 Å². The molecule has 1 aromatic carbocycles. The number of hydrogen-bond donors (Lipinski definition) is 2. The highest BCUT2D eigenvalue weighted by Crippen LogP contribution is 2.44. The van der Waals surface area contributed by atoms with Crippen molar-refractivity contribution >= 4 is 17.1 Å². The lowest BCUT2D eigenvalue weighted by atomic mass is 10.0. The number of hydrogen-bond acceptors (Lipinski definition) is 7. The van der Waals surface area contributed by atoms with Crippen LogP contribution in [0, 0.1) is 12.7 Å². The van der Waals surface area contributed by atoms with E-state index in [0.717, 1.165) is 42.5 Å². The van der Waals surface area contributed by atoms with E-state index in [1.165, 1.54) is 17.1 Å². The number of tetrazole rings is 1. The normalized spacial score (nSPS) is 15.5. The van der Waals surface area contributed by atoms with Crippen molar-refractivity contribution < 1.29 is 14.3 Å². The molecule has 5 aromatic rings. The van der Waals surface area contributed by atoms with Crippen LogP contribution in [0.15, 0.2) is 42.9 Å². The first kappa shape index (κ1) is 25.5. The average Bonchev–Trinajstić information content (AvgIpc) is 3.82. The van der Waals surface area contributed by atoms with E-state index in [2.05, 4.69) is 25.8 Å². The molecule has 0 spiro atoms. The van der Waals surface area contributed by atoms with Crippen molar-refractivity contribution in [2.45, 2.75) is 70.6 Å². The van der Waals surface area contributed by atoms with E-state index >= 15 is 0 Å². The van der Waals surface area contributed by atoms with Crippen LogP contribution in [0.25, 0.3) is 28.0 Å². The van der Waals surface area contributed by atoms with Gasteiger partial charge in [-0.1, -0.05) is 0 Å². The van der Waals surface area contributed by atoms with Crippen LogP contribution in [0.3, 0.4) is 0 Å². The first-order valence-electron chi connectivity index (χ1n) is 13.8. The zero-order chi connectivity index (χ0) is 28.5. The van der Waals surface area contributed by atoms with Gasteiger partial charge in [-0.15, -0.1) is 10.2 Å². The summed E-state index contributed by atoms with van der Waals surface area (Å²) >= 11 is 0. The van der Waals surface area contributed by atoms with Crippen molar-refractivity contribution in [2.24, 2.45) is 0 Å². The molecule has 0 unspecified atom stereocenters. The maximum Gasteiger partial charge on any atom is 0.259 e. The van der Waals surface area contributed by atoms with Gasteiger partial charge in [-0.05, 0) is 87.1 Å². The Bertz CT molecular complexity index is 1800. The summed E-state index contributed by atoms with van der Waals surface area (Å²) < 4.78 is 18.3. The summed E-state index contributed by atoms with van der Waals surface area (Å²) in [5, 5.41) is 34.8. The number of aliphatic hydroxyl groups is 1. The van der Waals surface area contributed by atoms with Crippen molar-refractivity contribution in [1.82, 2.24) is 39.6 Å². The van der Waals surface area contributed by atoms with E-state index in [0.29, 0.717) is 34.8 Å². The van der Waals surface area contributed by atoms with Gasteiger partial charge in [0.25, 0.3) is 5.91 Å². The molecule has 11 nitrogen and oxygen atoms in total. The molecule has 4 aromatic heterocycles. The number of rotatable bonds is 8. The fourth-order valence-electron chi connectivity index (χ4n) is 5.08. The van der Waals surface area contributed by atoms with Crippen LogP contribution in [-0.2, 0) is 6.54 Å². The maximum atomic E-state index is 14.9. The highest BCUT2D eigenvalue weighted by atomic mass is 19.1. The molecule has 2 saturated carbocycles. The minimum atomic E-state index is -0.896. The first-order valence-corrected chi connectivity index (χ1v) is 13.8. The van der Waals surface area contributed by atoms with Gasteiger partial charge in [-0.3, -0.25) is 9.48 Å². The van der Waals surface area contributed by atoms with E-state index in [4.69, 9.17) is 5.10 Å². The van der Waals surface area contributed by atoms with Gasteiger partial charge in [0.05, 0.1) is 46.7 Å². The largest absolute Gasteiger partial charge is 0.389 e. The number of aryl methyl sites for hydroxylation is 1. The lowest BCUT2D eigenvalue weighted by Crippen LogP contribution is -2.26. The molecule has 210 valence electrons. The molecule has 7 rings (SSSR count). The van der Waals surface area contributed by atoms with E-state index in [1.807, 2.05) is 24.5 Å². The molecule has 0 saturated heterocycles. The number of carbonyl (C=O) groups excluding carboxylic acids is 1. The second kappa shape index (κ2) is 9.30. The zero-order valence-corrected chi connectivity index (χ0v) is 23.0. The third kappa shape index (κ3) is 4.99. The number of aromatic nitrogens is 8. The lowest BCUT2D eigenvalue weighted by molar-refractivity contribution is 0.0576. The number of nitrogens with one attached hydrogen (secondary N) is 1. The molecule has 41 heavy (non-hydrogen) atoms. The van der Waals surface area contributed by atoms with Gasteiger partial charge in [0.15, 0.2) is 0 Å². The molecule has 1 amide bonds. The molecule has 0 bridgehead atoms. The van der Waals surface area contributed by atoms with Crippen molar-refractivity contribution in [2.75, 3.05) is 5.32 Å². The second-order valence-electron chi connectivity index (χ2n) is 11.8. The summed E-state index contributed by atoms with van der Waals surface area (Å²) in [6.45, 7) is 5.62. The number of carbonyl (C=O) groups is 1. The van der Waals surface area contributed by atoms with Gasteiger partial charge < -0.3 is 10.4 Å². The fourth-order valence-corrected chi connectivity index (χ4v) is 5.08. The van der Waals surface area contributed by atoms with Gasteiger partial charge >= 0.3 is 0 Å². The Kier molecular flexibility index (Phi) is 5.79. The molecule has 2 aliphatic carbocycles. The Balaban J connectivity index is 1.20. The summed E-state index contributed by atoms with van der Waals surface area (Å²) in [4.78, 5) is 15.0. The lowest BCUT2D eigenvalue weighted by Gasteiger charge is -2.16. The standard InChI is InChI=1S/C29H30FN9O2/c1-16-10-23(30)20(27-33-36-39(35-27)19-6-7-19)12-24(16)32-28(40)21-13-31-38-9-8-18(11-25(21)38)22-14-37(15-29(2,3)41)34-26(22)17-4-5-17/h8-14,17,19,41H,4-7,15H2,1-3H3,(H,32,40). The number of halogens is 1. The number of nitrogens with zero attached hydrogens (tertiary/aromatic N) is 8. The van der Waals surface area contributed by atoms with E-state index in [-0.39, 0.29) is 23.3 Å². The summed E-state index contributed by atoms with van der Waals surface area (Å²) in [5.41, 5.74) is 4.22. The molecular formula is C29H30FN9O2. The van der Waals surface area contributed by atoms with E-state index in [1.54, 1.807) is 36.0 Å². The van der Waals surface area contributed by atoms with Crippen LogP contribution in [-0.4, -0.2) is 56.2 Å². The van der Waals surface area contributed by atoms with Crippen molar-refractivity contribution in [1.29, 1.82) is 0 Å². The summed E-state index contributed by atoms with van der Waals surface area (Å²) in [6, 6.07) is 7.02. The number of fused-ring (bicyclic) bond motifs is 1. The number of benzene rings is 1. The van der Waals surface area contributed by atoms with Crippen molar-refractivity contribution in [3.8, 4) is 22.5 Å². The van der Waals surface area contributed by atoms with E-state index < -0.39 is 11.4 Å². The molecule has 2 N–H and O–H groups in total. The molecule has 0 atom stereocenters. The molecule has 0 radical (unpaired) electrons. The Hall–Kier alpha value is -4.45. The van der Waals surface area contributed by atoms with Crippen molar-refractivity contribution in [3.05, 3.63) is 65.5 Å². The van der Waals surface area contributed by atoms with Crippen LogP contribution in [0.1, 0.15) is 73.1 Å². The summed E-state index contributed by atoms with van der Waals surface area (Å²) in [5.74, 6) is -0.268. The van der Waals surface area contributed by atoms with Crippen molar-refractivity contribution in [3.63, 3.8) is 0 Å². The third-order valence-electron chi connectivity index (χ3n) is 7.49. The van der Waals surface area contributed by atoms with Crippen LogP contribution in [0.2, 0.25) is 0 Å². The summed E-state index contributed by atoms with van der Waals surface area (Å²) in [7, 11) is 0. The SMILES string of the molecule is Cc1cc(F)c(-c2nnn(C3CC3)n2)cc1NC(=O)c1cnn2ccc(-c3cn(CC(C)(C)O)nc3C3CC3)cc12. The molecule has 12 heteroatoms. The zero-order valence-electron chi connectivity index (χ0n) is 23.0. The molecule has 4 heterocycles. The minimum Gasteiger partial charge on any atom is -0.389 e. The first-order chi connectivity index (χ1) is 19.6. The van der Waals surface area contributed by atoms with Gasteiger partial charge in [0.1, 0.15) is 5.82 Å². The Morgan fingerprint density at radius 2 is 1.95 bits per heavy atom. The smallest absolute Gasteiger partial charge is 0.259 e. The van der Waals surface area contributed by atoms with Gasteiger partial charge in [0.2, 0.25) is 5.82 Å². The number of pyridine rings is 1. The molecular weight excluding hydrogens is 525 g/mol. The second-order valence-corrected chi connectivity index (χ2v) is 11.8. The highest BCUT2D eigenvalue weighted by Gasteiger charge is 2.31. The molecule has 2 aliphatic rings. The molecule has 2 fully saturated rings. The average molecular weight is 556 g/mol. The van der Waals surface area contributed by atoms with Gasteiger partial charge in [0, 0.05) is 29.6 Å². The topological polar surface area (TPSA) is 128 Å². The highest BCUT2D eigenvalue weighted by molar-refractivity contribution is 6.09. The van der Waals surface area contributed by atoms with E-state index in [9.17, 15) is 14.3 Å². The van der Waals surface area contributed by atoms with Crippen LogP contribution in [0.4, 0.5) is 10.1 Å². The minimum absolute atomic E-state index is 0.177. The predicted octanol–water partition coefficient (Wildman–Crippen LogP) is 4.53. The Morgan fingerprint density at radius 3 is 2.68 bits per heavy atom.